The highest BCUT2D eigenvalue weighted by Gasteiger charge is 2.19. The number of rotatable bonds is 10. The third-order valence-electron chi connectivity index (χ3n) is 7.13. The molecule has 11 heteroatoms. The number of phenolic OH excluding ortho intramolecular Hbond substituents is 1. The van der Waals surface area contributed by atoms with Crippen molar-refractivity contribution < 1.29 is 28.9 Å². The number of hydrogen-bond donors (Lipinski definition) is 2. The van der Waals surface area contributed by atoms with Gasteiger partial charge in [-0.2, -0.15) is 5.10 Å². The van der Waals surface area contributed by atoms with Crippen molar-refractivity contribution in [2.24, 2.45) is 5.10 Å². The van der Waals surface area contributed by atoms with Crippen molar-refractivity contribution in [1.29, 1.82) is 0 Å². The molecular weight excluding hydrogens is 596 g/mol. The summed E-state index contributed by atoms with van der Waals surface area (Å²) in [5, 5.41) is 15.3. The molecule has 0 saturated heterocycles. The van der Waals surface area contributed by atoms with E-state index in [2.05, 4.69) is 15.5 Å². The molecule has 0 unspecified atom stereocenters. The number of hydrogen-bond acceptors (Lipinski definition) is 8. The first-order valence-electron chi connectivity index (χ1n) is 14.0. The summed E-state index contributed by atoms with van der Waals surface area (Å²) < 4.78 is 17.0. The fourth-order valence-electron chi connectivity index (χ4n) is 4.84. The lowest BCUT2D eigenvalue weighted by Crippen LogP contribution is -2.34. The number of phenols is 1. The van der Waals surface area contributed by atoms with Crippen molar-refractivity contribution in [2.45, 2.75) is 13.1 Å². The van der Waals surface area contributed by atoms with Crippen LogP contribution in [0.25, 0.3) is 10.8 Å². The molecule has 10 nitrogen and oxygen atoms in total. The number of pyridine rings is 1. The highest BCUT2D eigenvalue weighted by Crippen LogP contribution is 2.33. The number of nitrogens with zero attached hydrogens (tertiary/aromatic N) is 3. The summed E-state index contributed by atoms with van der Waals surface area (Å²) in [5.41, 5.74) is 5.29. The monoisotopic (exact) mass is 622 g/mol. The molecule has 2 N–H and O–H groups in total. The molecule has 0 aliphatic carbocycles. The molecule has 1 aromatic heterocycles. The maximum Gasteiger partial charge on any atom is 0.271 e. The van der Waals surface area contributed by atoms with Gasteiger partial charge in [-0.3, -0.25) is 14.6 Å². The van der Waals surface area contributed by atoms with Crippen LogP contribution >= 0.6 is 11.6 Å². The van der Waals surface area contributed by atoms with Crippen molar-refractivity contribution in [1.82, 2.24) is 15.3 Å². The molecule has 0 fully saturated rings. The Labute approximate surface area is 263 Å². The van der Waals surface area contributed by atoms with Gasteiger partial charge in [0.05, 0.1) is 11.2 Å². The molecule has 0 saturated carbocycles. The van der Waals surface area contributed by atoms with Crippen LogP contribution in [0.5, 0.6) is 23.0 Å². The average molecular weight is 623 g/mol. The number of nitrogens with one attached hydrogen (secondary N) is 1. The van der Waals surface area contributed by atoms with Crippen LogP contribution in [0.4, 0.5) is 0 Å². The minimum atomic E-state index is -0.479. The van der Waals surface area contributed by atoms with Crippen LogP contribution in [-0.2, 0) is 17.9 Å². The van der Waals surface area contributed by atoms with Crippen LogP contribution in [0.1, 0.15) is 27.0 Å². The molecule has 1 aliphatic rings. The lowest BCUT2D eigenvalue weighted by molar-refractivity contribution is -0.134. The first-order chi connectivity index (χ1) is 21.9. The SMILES string of the molecule is O=C(N/N=C/c1ccc(OCC(=O)N(Cc2ccncc2)Cc2ccc3c(c2)OCO3)c2ccccc12)c1ccc(O)c(Cl)c1. The van der Waals surface area contributed by atoms with Gasteiger partial charge in [-0.1, -0.05) is 41.9 Å². The number of hydrazone groups is 1. The van der Waals surface area contributed by atoms with Crippen LogP contribution < -0.4 is 19.6 Å². The standard InChI is InChI=1S/C34H27ClN4O6/c35-28-16-24(6-8-29(28)40)34(42)38-37-17-25-7-10-30(27-4-2-1-3-26(25)27)43-20-33(41)39(18-22-11-13-36-14-12-22)19-23-5-9-31-32(15-23)45-21-44-31/h1-17,40H,18-21H2,(H,38,42)/b37-17+. The van der Waals surface area contributed by atoms with Gasteiger partial charge in [-0.15, -0.1) is 0 Å². The summed E-state index contributed by atoms with van der Waals surface area (Å²) in [6.45, 7) is 0.712. The van der Waals surface area contributed by atoms with E-state index >= 15 is 0 Å². The highest BCUT2D eigenvalue weighted by atomic mass is 35.5. The quantitative estimate of drug-likeness (QED) is 0.151. The summed E-state index contributed by atoms with van der Waals surface area (Å²) >= 11 is 5.91. The highest BCUT2D eigenvalue weighted by molar-refractivity contribution is 6.32. The van der Waals surface area contributed by atoms with E-state index in [4.69, 9.17) is 25.8 Å². The minimum Gasteiger partial charge on any atom is -0.506 e. The molecule has 2 heterocycles. The first kappa shape index (κ1) is 29.5. The number of carbonyl (C=O) groups excluding carboxylic acids is 2. The Kier molecular flexibility index (Phi) is 8.74. The third-order valence-corrected chi connectivity index (χ3v) is 7.44. The van der Waals surface area contributed by atoms with Crippen molar-refractivity contribution in [3.05, 3.63) is 125 Å². The molecule has 226 valence electrons. The van der Waals surface area contributed by atoms with E-state index in [1.54, 1.807) is 29.4 Å². The van der Waals surface area contributed by atoms with Gasteiger partial charge in [0.2, 0.25) is 6.79 Å². The average Bonchev–Trinajstić information content (AvgIpc) is 3.53. The van der Waals surface area contributed by atoms with Gasteiger partial charge in [0.1, 0.15) is 11.5 Å². The smallest absolute Gasteiger partial charge is 0.271 e. The Morgan fingerprint density at radius 2 is 1.71 bits per heavy atom. The van der Waals surface area contributed by atoms with Gasteiger partial charge in [0.15, 0.2) is 18.1 Å². The largest absolute Gasteiger partial charge is 0.506 e. The van der Waals surface area contributed by atoms with E-state index in [1.165, 1.54) is 24.4 Å². The number of amides is 2. The maximum absolute atomic E-state index is 13.6. The normalized spacial score (nSPS) is 11.9. The Morgan fingerprint density at radius 3 is 2.53 bits per heavy atom. The van der Waals surface area contributed by atoms with Crippen molar-refractivity contribution >= 4 is 40.4 Å². The van der Waals surface area contributed by atoms with Gasteiger partial charge >= 0.3 is 0 Å². The van der Waals surface area contributed by atoms with E-state index < -0.39 is 5.91 Å². The zero-order valence-corrected chi connectivity index (χ0v) is 24.6. The van der Waals surface area contributed by atoms with Crippen LogP contribution in [0.2, 0.25) is 5.02 Å². The fourth-order valence-corrected chi connectivity index (χ4v) is 5.02. The number of ether oxygens (including phenoxy) is 3. The van der Waals surface area contributed by atoms with Gasteiger partial charge in [-0.25, -0.2) is 5.43 Å². The molecule has 5 aromatic rings. The molecule has 2 amide bonds. The zero-order chi connectivity index (χ0) is 31.2. The van der Waals surface area contributed by atoms with Crippen LogP contribution in [0, 0.1) is 0 Å². The summed E-state index contributed by atoms with van der Waals surface area (Å²) in [5.74, 6) is 1.08. The molecule has 0 bridgehead atoms. The number of benzene rings is 4. The summed E-state index contributed by atoms with van der Waals surface area (Å²) in [7, 11) is 0. The zero-order valence-electron chi connectivity index (χ0n) is 23.9. The molecular formula is C34H27ClN4O6. The predicted molar refractivity (Wildman–Crippen MR) is 169 cm³/mol. The topological polar surface area (TPSA) is 123 Å². The molecule has 0 radical (unpaired) electrons. The second-order valence-corrected chi connectivity index (χ2v) is 10.6. The van der Waals surface area contributed by atoms with Crippen LogP contribution in [-0.4, -0.2) is 46.4 Å². The van der Waals surface area contributed by atoms with Crippen molar-refractivity contribution in [3.63, 3.8) is 0 Å². The molecule has 4 aromatic carbocycles. The predicted octanol–water partition coefficient (Wildman–Crippen LogP) is 5.69. The third kappa shape index (κ3) is 6.97. The lowest BCUT2D eigenvalue weighted by atomic mass is 10.0. The Balaban J connectivity index is 1.16. The van der Waals surface area contributed by atoms with Crippen LogP contribution in [0.15, 0.2) is 102 Å². The second kappa shape index (κ2) is 13.4. The summed E-state index contributed by atoms with van der Waals surface area (Å²) in [4.78, 5) is 31.8. The van der Waals surface area contributed by atoms with E-state index in [-0.39, 0.29) is 35.6 Å². The maximum atomic E-state index is 13.6. The van der Waals surface area contributed by atoms with E-state index in [0.717, 1.165) is 27.5 Å². The second-order valence-electron chi connectivity index (χ2n) is 10.1. The fraction of sp³-hybridized carbons (Fsp3) is 0.118. The van der Waals surface area contributed by atoms with E-state index in [9.17, 15) is 14.7 Å². The summed E-state index contributed by atoms with van der Waals surface area (Å²) in [6, 6.07) is 24.7. The first-order valence-corrected chi connectivity index (χ1v) is 14.3. The van der Waals surface area contributed by atoms with Gasteiger partial charge < -0.3 is 24.2 Å². The Hall–Kier alpha value is -5.61. The van der Waals surface area contributed by atoms with E-state index in [1.807, 2.05) is 54.6 Å². The van der Waals surface area contributed by atoms with E-state index in [0.29, 0.717) is 30.3 Å². The molecule has 6 rings (SSSR count). The van der Waals surface area contributed by atoms with Crippen LogP contribution in [0.3, 0.4) is 0 Å². The molecule has 0 spiro atoms. The Bertz CT molecular complexity index is 1900. The van der Waals surface area contributed by atoms with Gasteiger partial charge in [0, 0.05) is 42.0 Å². The minimum absolute atomic E-state index is 0.0695. The number of fused-ring (bicyclic) bond motifs is 2. The summed E-state index contributed by atoms with van der Waals surface area (Å²) in [6.07, 6.45) is 4.92. The lowest BCUT2D eigenvalue weighted by Gasteiger charge is -2.23. The van der Waals surface area contributed by atoms with Gasteiger partial charge in [0.25, 0.3) is 11.8 Å². The number of aromatic hydroxyl groups is 1. The van der Waals surface area contributed by atoms with Crippen molar-refractivity contribution in [3.8, 4) is 23.0 Å². The number of carbonyl (C=O) groups is 2. The number of aromatic nitrogens is 1. The molecule has 0 atom stereocenters. The number of halogens is 1. The Morgan fingerprint density at radius 1 is 0.933 bits per heavy atom. The molecule has 45 heavy (non-hydrogen) atoms. The molecule has 1 aliphatic heterocycles. The van der Waals surface area contributed by atoms with Gasteiger partial charge in [-0.05, 0) is 71.1 Å². The van der Waals surface area contributed by atoms with Crippen molar-refractivity contribution in [2.75, 3.05) is 13.4 Å².